The zero-order chi connectivity index (χ0) is 30.0. The number of methoxy groups -OCH3 is 3. The third-order valence-corrected chi connectivity index (χ3v) is 6.86. The van der Waals surface area contributed by atoms with Crippen molar-refractivity contribution in [3.8, 4) is 23.0 Å². The average Bonchev–Trinajstić information content (AvgIpc) is 3.45. The first kappa shape index (κ1) is 28.4. The van der Waals surface area contributed by atoms with Crippen molar-refractivity contribution < 1.29 is 32.9 Å². The van der Waals surface area contributed by atoms with E-state index in [2.05, 4.69) is 20.7 Å². The molecule has 0 saturated heterocycles. The number of carbonyl (C=O) groups is 2. The minimum absolute atomic E-state index is 0.0620. The van der Waals surface area contributed by atoms with Gasteiger partial charge in [-0.15, -0.1) is 0 Å². The van der Waals surface area contributed by atoms with Gasteiger partial charge in [-0.05, 0) is 36.8 Å². The smallest absolute Gasteiger partial charge is 0.346 e. The standard InChI is InChI=1S/C29H25ClFN5O6/c1-15-25(27(37)35-20-13-22(39-2)18(30)12-23(20)40-3)26(36-29(34-15)32-14-33-36)16-9-10-21(24(11-16)41-4)42-28(38)17-7-5-6-8-19(17)31/h5-14,26H,1-4H3,(H,35,37)(H,32,33,34)/t26-/m1/s1. The molecular formula is C29H25ClFN5O6. The molecule has 1 aliphatic heterocycles. The second kappa shape index (κ2) is 11.8. The van der Waals surface area contributed by atoms with Gasteiger partial charge in [0.15, 0.2) is 11.5 Å². The van der Waals surface area contributed by atoms with Gasteiger partial charge in [0, 0.05) is 17.8 Å². The van der Waals surface area contributed by atoms with Gasteiger partial charge in [-0.2, -0.15) is 10.1 Å². The van der Waals surface area contributed by atoms with Gasteiger partial charge in [-0.25, -0.2) is 13.9 Å². The van der Waals surface area contributed by atoms with Crippen LogP contribution >= 0.6 is 11.6 Å². The number of allylic oxidation sites excluding steroid dienone is 1. The van der Waals surface area contributed by atoms with Crippen molar-refractivity contribution in [2.75, 3.05) is 32.0 Å². The molecule has 0 unspecified atom stereocenters. The summed E-state index contributed by atoms with van der Waals surface area (Å²) in [6.45, 7) is 1.74. The Hall–Kier alpha value is -5.10. The van der Waals surface area contributed by atoms with Crippen LogP contribution in [0.15, 0.2) is 72.2 Å². The fraction of sp³-hybridized carbons (Fsp3) is 0.172. The number of aromatic nitrogens is 3. The van der Waals surface area contributed by atoms with Crippen LogP contribution in [0.5, 0.6) is 23.0 Å². The third-order valence-electron chi connectivity index (χ3n) is 6.56. The molecule has 2 N–H and O–H groups in total. The van der Waals surface area contributed by atoms with E-state index in [0.717, 1.165) is 0 Å². The molecule has 4 aromatic rings. The maximum Gasteiger partial charge on any atom is 0.346 e. The van der Waals surface area contributed by atoms with Crippen molar-refractivity contribution in [2.45, 2.75) is 13.0 Å². The Kier molecular flexibility index (Phi) is 7.98. The van der Waals surface area contributed by atoms with E-state index in [4.69, 9.17) is 30.5 Å². The molecule has 1 aromatic heterocycles. The molecule has 0 fully saturated rings. The van der Waals surface area contributed by atoms with Crippen molar-refractivity contribution in [1.82, 2.24) is 14.8 Å². The van der Waals surface area contributed by atoms with Crippen LogP contribution in [0.25, 0.3) is 0 Å². The number of ether oxygens (including phenoxy) is 4. The summed E-state index contributed by atoms with van der Waals surface area (Å²) in [5, 5.41) is 10.6. The third kappa shape index (κ3) is 5.31. The molecule has 13 heteroatoms. The van der Waals surface area contributed by atoms with Crippen molar-refractivity contribution in [3.05, 3.63) is 94.2 Å². The van der Waals surface area contributed by atoms with Gasteiger partial charge in [-0.3, -0.25) is 4.79 Å². The Balaban J connectivity index is 1.52. The summed E-state index contributed by atoms with van der Waals surface area (Å²) in [7, 11) is 4.32. The summed E-state index contributed by atoms with van der Waals surface area (Å²) in [5.41, 5.74) is 1.51. The monoisotopic (exact) mass is 593 g/mol. The van der Waals surface area contributed by atoms with Crippen LogP contribution in [-0.2, 0) is 4.79 Å². The van der Waals surface area contributed by atoms with Gasteiger partial charge in [0.1, 0.15) is 29.7 Å². The van der Waals surface area contributed by atoms with E-state index in [0.29, 0.717) is 45.0 Å². The first-order valence-corrected chi connectivity index (χ1v) is 12.9. The topological polar surface area (TPSA) is 126 Å². The van der Waals surface area contributed by atoms with Gasteiger partial charge < -0.3 is 29.6 Å². The summed E-state index contributed by atoms with van der Waals surface area (Å²) in [6, 6.07) is 12.6. The highest BCUT2D eigenvalue weighted by Gasteiger charge is 2.34. The molecule has 216 valence electrons. The fourth-order valence-electron chi connectivity index (χ4n) is 4.56. The van der Waals surface area contributed by atoms with E-state index in [1.165, 1.54) is 64.1 Å². The maximum absolute atomic E-state index is 14.1. The van der Waals surface area contributed by atoms with Gasteiger partial charge in [0.2, 0.25) is 5.95 Å². The molecule has 42 heavy (non-hydrogen) atoms. The molecule has 0 aliphatic carbocycles. The highest BCUT2D eigenvalue weighted by Crippen LogP contribution is 2.41. The van der Waals surface area contributed by atoms with Gasteiger partial charge in [0.05, 0.1) is 43.2 Å². The van der Waals surface area contributed by atoms with Crippen molar-refractivity contribution in [1.29, 1.82) is 0 Å². The van der Waals surface area contributed by atoms with Gasteiger partial charge in [-0.1, -0.05) is 29.8 Å². The molecule has 5 rings (SSSR count). The largest absolute Gasteiger partial charge is 0.495 e. The summed E-state index contributed by atoms with van der Waals surface area (Å²) < 4.78 is 37.4. The molecule has 11 nitrogen and oxygen atoms in total. The Morgan fingerprint density at radius 3 is 2.43 bits per heavy atom. The van der Waals surface area contributed by atoms with E-state index < -0.39 is 23.7 Å². The van der Waals surface area contributed by atoms with Crippen molar-refractivity contribution >= 4 is 35.1 Å². The lowest BCUT2D eigenvalue weighted by atomic mass is 9.94. The SMILES string of the molecule is COc1cc(NC(=O)C2=C(C)Nc3ncnn3[C@@H]2c2ccc(OC(=O)c3ccccc3F)c(OC)c2)c(OC)cc1Cl. The highest BCUT2D eigenvalue weighted by molar-refractivity contribution is 6.32. The summed E-state index contributed by atoms with van der Waals surface area (Å²) >= 11 is 6.23. The quantitative estimate of drug-likeness (QED) is 0.208. The second-order valence-corrected chi connectivity index (χ2v) is 9.42. The molecule has 0 saturated carbocycles. The number of carbonyl (C=O) groups excluding carboxylic acids is 2. The second-order valence-electron chi connectivity index (χ2n) is 9.02. The van der Waals surface area contributed by atoms with E-state index in [1.807, 2.05) is 0 Å². The number of fused-ring (bicyclic) bond motifs is 1. The number of esters is 1. The number of anilines is 2. The first-order valence-electron chi connectivity index (χ1n) is 12.5. The first-order chi connectivity index (χ1) is 20.2. The molecule has 2 heterocycles. The summed E-state index contributed by atoms with van der Waals surface area (Å²) in [5.74, 6) is -0.736. The van der Waals surface area contributed by atoms with Crippen molar-refractivity contribution in [2.24, 2.45) is 0 Å². The van der Waals surface area contributed by atoms with Gasteiger partial charge in [0.25, 0.3) is 5.91 Å². The number of benzene rings is 3. The predicted octanol–water partition coefficient (Wildman–Crippen LogP) is 5.24. The van der Waals surface area contributed by atoms with Crippen LogP contribution in [0, 0.1) is 5.82 Å². The predicted molar refractivity (Wildman–Crippen MR) is 152 cm³/mol. The number of hydrogen-bond acceptors (Lipinski definition) is 9. The highest BCUT2D eigenvalue weighted by atomic mass is 35.5. The maximum atomic E-state index is 14.1. The lowest BCUT2D eigenvalue weighted by Crippen LogP contribution is -2.31. The van der Waals surface area contributed by atoms with Gasteiger partial charge >= 0.3 is 5.97 Å². The Labute approximate surface area is 244 Å². The molecule has 3 aromatic carbocycles. The molecule has 0 bridgehead atoms. The molecule has 0 spiro atoms. The van der Waals surface area contributed by atoms with E-state index in [-0.39, 0.29) is 17.1 Å². The molecule has 1 atom stereocenters. The zero-order valence-electron chi connectivity index (χ0n) is 22.9. The molecule has 1 amide bonds. The summed E-state index contributed by atoms with van der Waals surface area (Å²) in [4.78, 5) is 30.8. The molecule has 0 radical (unpaired) electrons. The van der Waals surface area contributed by atoms with Crippen LogP contribution in [0.4, 0.5) is 16.0 Å². The average molecular weight is 594 g/mol. The van der Waals surface area contributed by atoms with E-state index >= 15 is 0 Å². The van der Waals surface area contributed by atoms with Crippen LogP contribution in [-0.4, -0.2) is 48.0 Å². The number of amides is 1. The molecule has 1 aliphatic rings. The lowest BCUT2D eigenvalue weighted by Gasteiger charge is -2.29. The van der Waals surface area contributed by atoms with Crippen LogP contribution < -0.4 is 29.6 Å². The lowest BCUT2D eigenvalue weighted by molar-refractivity contribution is -0.113. The van der Waals surface area contributed by atoms with E-state index in [1.54, 1.807) is 29.8 Å². The number of nitrogens with zero attached hydrogens (tertiary/aromatic N) is 3. The normalized spacial score (nSPS) is 14.0. The van der Waals surface area contributed by atoms with Crippen molar-refractivity contribution in [3.63, 3.8) is 0 Å². The number of nitrogens with one attached hydrogen (secondary N) is 2. The number of hydrogen-bond donors (Lipinski definition) is 2. The van der Waals surface area contributed by atoms with Crippen LogP contribution in [0.1, 0.15) is 28.9 Å². The minimum Gasteiger partial charge on any atom is -0.495 e. The Morgan fingerprint density at radius 2 is 1.71 bits per heavy atom. The number of rotatable bonds is 8. The number of halogens is 2. The Bertz CT molecular complexity index is 1720. The van der Waals surface area contributed by atoms with E-state index in [9.17, 15) is 14.0 Å². The Morgan fingerprint density at radius 1 is 0.976 bits per heavy atom. The molecular weight excluding hydrogens is 569 g/mol. The van der Waals surface area contributed by atoms with Crippen LogP contribution in [0.2, 0.25) is 5.02 Å². The minimum atomic E-state index is -0.886. The summed E-state index contributed by atoms with van der Waals surface area (Å²) in [6.07, 6.45) is 1.36. The zero-order valence-corrected chi connectivity index (χ0v) is 23.7. The fourth-order valence-corrected chi connectivity index (χ4v) is 4.79. The van der Waals surface area contributed by atoms with Crippen LogP contribution in [0.3, 0.4) is 0 Å².